The molecule has 25 heavy (non-hydrogen) atoms. The molecule has 0 aromatic heterocycles. The van der Waals surface area contributed by atoms with Crippen LogP contribution < -0.4 is 15.4 Å². The van der Waals surface area contributed by atoms with Crippen molar-refractivity contribution in [1.29, 1.82) is 0 Å². The fourth-order valence-electron chi connectivity index (χ4n) is 2.16. The summed E-state index contributed by atoms with van der Waals surface area (Å²) in [6, 6.07) is 16.2. The number of anilines is 1. The van der Waals surface area contributed by atoms with Crippen LogP contribution in [0, 0.1) is 6.92 Å². The maximum atomic E-state index is 5.45. The maximum Gasteiger partial charge on any atom is 0.170 e. The van der Waals surface area contributed by atoms with E-state index < -0.39 is 0 Å². The molecule has 0 unspecified atom stereocenters. The predicted molar refractivity (Wildman–Crippen MR) is 114 cm³/mol. The molecule has 0 fully saturated rings. The highest BCUT2D eigenvalue weighted by atomic mass is 32.2. The van der Waals surface area contributed by atoms with Crippen molar-refractivity contribution in [3.63, 3.8) is 0 Å². The first-order chi connectivity index (χ1) is 12.2. The summed E-state index contributed by atoms with van der Waals surface area (Å²) in [5.74, 6) is 2.85. The van der Waals surface area contributed by atoms with Crippen molar-refractivity contribution in [3.8, 4) is 5.75 Å². The van der Waals surface area contributed by atoms with E-state index in [1.807, 2.05) is 36.0 Å². The third kappa shape index (κ3) is 7.20. The van der Waals surface area contributed by atoms with Crippen LogP contribution >= 0.6 is 24.0 Å². The van der Waals surface area contributed by atoms with Gasteiger partial charge in [0.1, 0.15) is 12.4 Å². The Bertz CT molecular complexity index is 686. The van der Waals surface area contributed by atoms with Crippen molar-refractivity contribution >= 4 is 34.8 Å². The highest BCUT2D eigenvalue weighted by Crippen LogP contribution is 2.16. The van der Waals surface area contributed by atoms with E-state index in [4.69, 9.17) is 17.0 Å². The Morgan fingerprint density at radius 2 is 1.96 bits per heavy atom. The van der Waals surface area contributed by atoms with Crippen LogP contribution in [0.2, 0.25) is 0 Å². The normalized spacial score (nSPS) is 10.1. The van der Waals surface area contributed by atoms with Crippen LogP contribution in [0.15, 0.2) is 61.2 Å². The summed E-state index contributed by atoms with van der Waals surface area (Å²) in [6.45, 7) is 7.13. The average Bonchev–Trinajstić information content (AvgIpc) is 2.62. The number of ether oxygens (including phenoxy) is 1. The zero-order valence-electron chi connectivity index (χ0n) is 14.5. The summed E-state index contributed by atoms with van der Waals surface area (Å²) in [7, 11) is 0. The van der Waals surface area contributed by atoms with E-state index in [1.54, 1.807) is 6.08 Å². The van der Waals surface area contributed by atoms with Crippen LogP contribution in [-0.4, -0.2) is 24.0 Å². The van der Waals surface area contributed by atoms with Gasteiger partial charge in [-0.3, -0.25) is 0 Å². The molecule has 0 bridgehead atoms. The lowest BCUT2D eigenvalue weighted by Crippen LogP contribution is -2.30. The second-order valence-electron chi connectivity index (χ2n) is 5.48. The lowest BCUT2D eigenvalue weighted by Gasteiger charge is -2.11. The van der Waals surface area contributed by atoms with E-state index in [2.05, 4.69) is 48.4 Å². The van der Waals surface area contributed by atoms with Gasteiger partial charge in [0.05, 0.1) is 0 Å². The number of aryl methyl sites for hydroxylation is 1. The van der Waals surface area contributed by atoms with Gasteiger partial charge in [-0.25, -0.2) is 0 Å². The lowest BCUT2D eigenvalue weighted by molar-refractivity contribution is 0.363. The van der Waals surface area contributed by atoms with Crippen LogP contribution in [0.4, 0.5) is 5.69 Å². The first-order valence-electron chi connectivity index (χ1n) is 8.20. The molecule has 2 aromatic rings. The van der Waals surface area contributed by atoms with E-state index in [9.17, 15) is 0 Å². The Morgan fingerprint density at radius 1 is 1.20 bits per heavy atom. The second-order valence-corrected chi connectivity index (χ2v) is 7.00. The zero-order chi connectivity index (χ0) is 17.9. The molecular weight excluding hydrogens is 348 g/mol. The number of hydrogen-bond donors (Lipinski definition) is 2. The van der Waals surface area contributed by atoms with Gasteiger partial charge in [-0.1, -0.05) is 36.9 Å². The molecule has 0 saturated heterocycles. The van der Waals surface area contributed by atoms with Crippen molar-refractivity contribution in [2.45, 2.75) is 12.7 Å². The van der Waals surface area contributed by atoms with Gasteiger partial charge in [-0.2, -0.15) is 11.8 Å². The van der Waals surface area contributed by atoms with Crippen molar-refractivity contribution in [3.05, 3.63) is 72.3 Å². The molecule has 0 radical (unpaired) electrons. The molecule has 0 spiro atoms. The molecular formula is C20H24N2OS2. The van der Waals surface area contributed by atoms with Gasteiger partial charge < -0.3 is 15.4 Å². The molecule has 5 heteroatoms. The molecule has 0 heterocycles. The summed E-state index contributed by atoms with van der Waals surface area (Å²) in [5.41, 5.74) is 3.68. The number of rotatable bonds is 9. The van der Waals surface area contributed by atoms with E-state index in [-0.39, 0.29) is 0 Å². The van der Waals surface area contributed by atoms with Gasteiger partial charge in [0.15, 0.2) is 5.11 Å². The van der Waals surface area contributed by atoms with Gasteiger partial charge in [0, 0.05) is 23.7 Å². The minimum atomic E-state index is 0.507. The molecule has 2 rings (SSSR count). The summed E-state index contributed by atoms with van der Waals surface area (Å²) in [5, 5.41) is 7.05. The van der Waals surface area contributed by atoms with Crippen LogP contribution in [0.25, 0.3) is 0 Å². The van der Waals surface area contributed by atoms with Gasteiger partial charge in [0.25, 0.3) is 0 Å². The van der Waals surface area contributed by atoms with Crippen LogP contribution in [0.5, 0.6) is 5.75 Å². The molecule has 0 saturated carbocycles. The summed E-state index contributed by atoms with van der Waals surface area (Å²) in [4.78, 5) is 0. The molecule has 0 amide bonds. The fraction of sp³-hybridized carbons (Fsp3) is 0.250. The third-order valence-corrected chi connectivity index (χ3v) is 4.79. The Hall–Kier alpha value is -1.98. The maximum absolute atomic E-state index is 5.45. The first kappa shape index (κ1) is 19.3. The number of hydrogen-bond acceptors (Lipinski definition) is 3. The SMILES string of the molecule is C=CCOc1ccc(NC(=S)NCCSCc2ccccc2C)cc1. The van der Waals surface area contributed by atoms with Gasteiger partial charge in [-0.05, 0) is 54.5 Å². The highest BCUT2D eigenvalue weighted by Gasteiger charge is 2.00. The minimum absolute atomic E-state index is 0.507. The first-order valence-corrected chi connectivity index (χ1v) is 9.76. The predicted octanol–water partition coefficient (Wildman–Crippen LogP) is 4.78. The van der Waals surface area contributed by atoms with E-state index in [1.165, 1.54) is 11.1 Å². The Kier molecular flexibility index (Phi) is 8.35. The summed E-state index contributed by atoms with van der Waals surface area (Å²) < 4.78 is 5.45. The molecule has 2 aromatic carbocycles. The number of nitrogens with one attached hydrogen (secondary N) is 2. The van der Waals surface area contributed by atoms with E-state index in [0.717, 1.165) is 29.5 Å². The quantitative estimate of drug-likeness (QED) is 0.376. The van der Waals surface area contributed by atoms with E-state index in [0.29, 0.717) is 11.7 Å². The highest BCUT2D eigenvalue weighted by molar-refractivity contribution is 7.98. The van der Waals surface area contributed by atoms with Crippen LogP contribution in [0.1, 0.15) is 11.1 Å². The topological polar surface area (TPSA) is 33.3 Å². The van der Waals surface area contributed by atoms with Gasteiger partial charge in [0.2, 0.25) is 0 Å². The Labute approximate surface area is 159 Å². The van der Waals surface area contributed by atoms with Gasteiger partial charge >= 0.3 is 0 Å². The van der Waals surface area contributed by atoms with Crippen molar-refractivity contribution in [1.82, 2.24) is 5.32 Å². The molecule has 3 nitrogen and oxygen atoms in total. The van der Waals surface area contributed by atoms with Crippen molar-refractivity contribution in [2.24, 2.45) is 0 Å². The zero-order valence-corrected chi connectivity index (χ0v) is 16.1. The molecule has 0 aliphatic rings. The largest absolute Gasteiger partial charge is 0.490 e. The standard InChI is InChI=1S/C20H24N2OS2/c1-3-13-23-19-10-8-18(9-11-19)22-20(24)21-12-14-25-15-17-7-5-4-6-16(17)2/h3-11H,1,12-15H2,2H3,(H2,21,22,24). The molecule has 2 N–H and O–H groups in total. The monoisotopic (exact) mass is 372 g/mol. The third-order valence-electron chi connectivity index (χ3n) is 3.53. The van der Waals surface area contributed by atoms with Gasteiger partial charge in [-0.15, -0.1) is 0 Å². The van der Waals surface area contributed by atoms with Crippen LogP contribution in [0.3, 0.4) is 0 Å². The summed E-state index contributed by atoms with van der Waals surface area (Å²) >= 11 is 7.23. The molecule has 0 aliphatic carbocycles. The van der Waals surface area contributed by atoms with Crippen LogP contribution in [-0.2, 0) is 5.75 Å². The number of thioether (sulfide) groups is 1. The molecule has 0 aliphatic heterocycles. The summed E-state index contributed by atoms with van der Waals surface area (Å²) in [6.07, 6.45) is 1.72. The molecule has 132 valence electrons. The van der Waals surface area contributed by atoms with Crippen molar-refractivity contribution in [2.75, 3.05) is 24.2 Å². The smallest absolute Gasteiger partial charge is 0.170 e. The number of thiocarbonyl (C=S) groups is 1. The molecule has 0 atom stereocenters. The minimum Gasteiger partial charge on any atom is -0.490 e. The second kappa shape index (κ2) is 10.8. The average molecular weight is 373 g/mol. The lowest BCUT2D eigenvalue weighted by atomic mass is 10.1. The van der Waals surface area contributed by atoms with Crippen molar-refractivity contribution < 1.29 is 4.74 Å². The number of benzene rings is 2. The Balaban J connectivity index is 1.63. The fourth-order valence-corrected chi connectivity index (χ4v) is 3.31. The Morgan fingerprint density at radius 3 is 2.68 bits per heavy atom. The van der Waals surface area contributed by atoms with E-state index >= 15 is 0 Å².